The van der Waals surface area contributed by atoms with Gasteiger partial charge in [-0.2, -0.15) is 11.8 Å². The molecule has 0 aliphatic heterocycles. The monoisotopic (exact) mass is 346 g/mol. The molecular weight excluding hydrogens is 320 g/mol. The Bertz CT molecular complexity index is 633. The SMILES string of the molecule is CSCCC(NC(=O)NC1CCCCC1)c1nc2ccccc2[nH]1. The van der Waals surface area contributed by atoms with Gasteiger partial charge in [0.2, 0.25) is 0 Å². The summed E-state index contributed by atoms with van der Waals surface area (Å²) in [7, 11) is 0. The van der Waals surface area contributed by atoms with Gasteiger partial charge in [0.25, 0.3) is 0 Å². The molecule has 1 unspecified atom stereocenters. The molecule has 0 bridgehead atoms. The number of rotatable bonds is 6. The number of fused-ring (bicyclic) bond motifs is 1. The number of para-hydroxylation sites is 2. The minimum Gasteiger partial charge on any atom is -0.340 e. The Balaban J connectivity index is 1.67. The largest absolute Gasteiger partial charge is 0.340 e. The maximum Gasteiger partial charge on any atom is 0.315 e. The van der Waals surface area contributed by atoms with Gasteiger partial charge in [0.05, 0.1) is 17.1 Å². The topological polar surface area (TPSA) is 69.8 Å². The molecule has 1 fully saturated rings. The lowest BCUT2D eigenvalue weighted by Gasteiger charge is -2.24. The second kappa shape index (κ2) is 8.42. The fourth-order valence-corrected chi connectivity index (χ4v) is 3.75. The van der Waals surface area contributed by atoms with E-state index in [0.717, 1.165) is 41.9 Å². The third kappa shape index (κ3) is 4.44. The van der Waals surface area contributed by atoms with Crippen molar-refractivity contribution in [2.75, 3.05) is 12.0 Å². The standard InChI is InChI=1S/C18H26N4OS/c1-24-12-11-16(17-20-14-9-5-6-10-15(14)21-17)22-18(23)19-13-7-3-2-4-8-13/h5-6,9-10,13,16H,2-4,7-8,11-12H2,1H3,(H,20,21)(H2,19,22,23). The smallest absolute Gasteiger partial charge is 0.315 e. The van der Waals surface area contributed by atoms with Crippen LogP contribution in [0.15, 0.2) is 24.3 Å². The molecule has 0 saturated heterocycles. The van der Waals surface area contributed by atoms with Crippen LogP contribution in [-0.2, 0) is 0 Å². The molecule has 1 atom stereocenters. The molecule has 1 heterocycles. The molecule has 6 heteroatoms. The average molecular weight is 346 g/mol. The predicted molar refractivity (Wildman–Crippen MR) is 100 cm³/mol. The van der Waals surface area contributed by atoms with Crippen LogP contribution in [-0.4, -0.2) is 34.0 Å². The summed E-state index contributed by atoms with van der Waals surface area (Å²) >= 11 is 1.78. The third-order valence-corrected chi connectivity index (χ3v) is 5.24. The van der Waals surface area contributed by atoms with Gasteiger partial charge in [-0.1, -0.05) is 31.4 Å². The summed E-state index contributed by atoms with van der Waals surface area (Å²) in [4.78, 5) is 20.4. The molecule has 1 aromatic carbocycles. The summed E-state index contributed by atoms with van der Waals surface area (Å²) in [6, 6.07) is 8.12. The number of nitrogens with zero attached hydrogens (tertiary/aromatic N) is 1. The maximum absolute atomic E-state index is 12.4. The normalized spacial score (nSPS) is 16.9. The van der Waals surface area contributed by atoms with E-state index in [2.05, 4.69) is 26.9 Å². The summed E-state index contributed by atoms with van der Waals surface area (Å²) in [5.41, 5.74) is 1.95. The Morgan fingerprint density at radius 3 is 2.88 bits per heavy atom. The van der Waals surface area contributed by atoms with Gasteiger partial charge in [0, 0.05) is 6.04 Å². The van der Waals surface area contributed by atoms with Crippen molar-refractivity contribution in [1.29, 1.82) is 0 Å². The minimum atomic E-state index is -0.0894. The number of aromatic amines is 1. The van der Waals surface area contributed by atoms with Gasteiger partial charge in [-0.25, -0.2) is 9.78 Å². The number of aromatic nitrogens is 2. The second-order valence-electron chi connectivity index (χ2n) is 6.43. The average Bonchev–Trinajstić information content (AvgIpc) is 3.03. The van der Waals surface area contributed by atoms with Gasteiger partial charge in [0.15, 0.2) is 0 Å². The lowest BCUT2D eigenvalue weighted by atomic mass is 9.96. The Labute approximate surface area is 147 Å². The number of carbonyl (C=O) groups is 1. The molecule has 0 radical (unpaired) electrons. The highest BCUT2D eigenvalue weighted by molar-refractivity contribution is 7.98. The van der Waals surface area contributed by atoms with Crippen molar-refractivity contribution in [3.63, 3.8) is 0 Å². The van der Waals surface area contributed by atoms with Crippen LogP contribution in [0.2, 0.25) is 0 Å². The number of H-pyrrole nitrogens is 1. The highest BCUT2D eigenvalue weighted by Crippen LogP contribution is 2.21. The van der Waals surface area contributed by atoms with Crippen LogP contribution >= 0.6 is 11.8 Å². The minimum absolute atomic E-state index is 0.0755. The molecular formula is C18H26N4OS. The van der Waals surface area contributed by atoms with E-state index in [-0.39, 0.29) is 12.1 Å². The van der Waals surface area contributed by atoms with Crippen LogP contribution in [0.5, 0.6) is 0 Å². The van der Waals surface area contributed by atoms with E-state index in [1.54, 1.807) is 11.8 Å². The van der Waals surface area contributed by atoms with Gasteiger partial charge in [0.1, 0.15) is 5.82 Å². The maximum atomic E-state index is 12.4. The van der Waals surface area contributed by atoms with Gasteiger partial charge in [-0.15, -0.1) is 0 Å². The Kier molecular flexibility index (Phi) is 6.01. The molecule has 5 nitrogen and oxygen atoms in total. The number of hydrogen-bond acceptors (Lipinski definition) is 3. The van der Waals surface area contributed by atoms with Crippen molar-refractivity contribution in [3.05, 3.63) is 30.1 Å². The number of benzene rings is 1. The number of thioether (sulfide) groups is 1. The highest BCUT2D eigenvalue weighted by atomic mass is 32.2. The van der Waals surface area contributed by atoms with Gasteiger partial charge >= 0.3 is 6.03 Å². The second-order valence-corrected chi connectivity index (χ2v) is 7.41. The number of carbonyl (C=O) groups excluding carboxylic acids is 1. The van der Waals surface area contributed by atoms with Crippen molar-refractivity contribution >= 4 is 28.8 Å². The lowest BCUT2D eigenvalue weighted by Crippen LogP contribution is -2.44. The fraction of sp³-hybridized carbons (Fsp3) is 0.556. The van der Waals surface area contributed by atoms with Crippen molar-refractivity contribution in [1.82, 2.24) is 20.6 Å². The zero-order valence-electron chi connectivity index (χ0n) is 14.2. The summed E-state index contributed by atoms with van der Waals surface area (Å²) < 4.78 is 0. The van der Waals surface area contributed by atoms with E-state index in [4.69, 9.17) is 0 Å². The molecule has 1 saturated carbocycles. The molecule has 1 aliphatic rings. The van der Waals surface area contributed by atoms with Crippen LogP contribution in [0, 0.1) is 0 Å². The molecule has 24 heavy (non-hydrogen) atoms. The van der Waals surface area contributed by atoms with E-state index in [1.165, 1.54) is 19.3 Å². The number of nitrogens with one attached hydrogen (secondary N) is 3. The zero-order chi connectivity index (χ0) is 16.8. The Morgan fingerprint density at radius 2 is 2.12 bits per heavy atom. The van der Waals surface area contributed by atoms with Crippen LogP contribution in [0.4, 0.5) is 4.79 Å². The van der Waals surface area contributed by atoms with Crippen LogP contribution in [0.1, 0.15) is 50.4 Å². The molecule has 2 amide bonds. The van der Waals surface area contributed by atoms with E-state index in [0.29, 0.717) is 6.04 Å². The number of hydrogen-bond donors (Lipinski definition) is 3. The van der Waals surface area contributed by atoms with E-state index in [1.807, 2.05) is 24.3 Å². The summed E-state index contributed by atoms with van der Waals surface area (Å²) in [6.45, 7) is 0. The molecule has 3 rings (SSSR count). The van der Waals surface area contributed by atoms with Gasteiger partial charge < -0.3 is 15.6 Å². The lowest BCUT2D eigenvalue weighted by molar-refractivity contribution is 0.228. The van der Waals surface area contributed by atoms with Crippen LogP contribution in [0.3, 0.4) is 0 Å². The first kappa shape index (κ1) is 17.1. The van der Waals surface area contributed by atoms with E-state index in [9.17, 15) is 4.79 Å². The first-order valence-corrected chi connectivity index (χ1v) is 10.2. The van der Waals surface area contributed by atoms with Crippen LogP contribution in [0.25, 0.3) is 11.0 Å². The van der Waals surface area contributed by atoms with Gasteiger partial charge in [-0.05, 0) is 43.4 Å². The summed E-state index contributed by atoms with van der Waals surface area (Å²) in [5, 5.41) is 6.25. The zero-order valence-corrected chi connectivity index (χ0v) is 15.0. The summed E-state index contributed by atoms with van der Waals surface area (Å²) in [6.07, 6.45) is 8.84. The predicted octanol–water partition coefficient (Wildman–Crippen LogP) is 3.99. The Morgan fingerprint density at radius 1 is 1.33 bits per heavy atom. The summed E-state index contributed by atoms with van der Waals surface area (Å²) in [5.74, 6) is 1.81. The van der Waals surface area contributed by atoms with Crippen molar-refractivity contribution in [2.45, 2.75) is 50.6 Å². The molecule has 2 aromatic rings. The van der Waals surface area contributed by atoms with Gasteiger partial charge in [-0.3, -0.25) is 0 Å². The van der Waals surface area contributed by atoms with E-state index < -0.39 is 0 Å². The van der Waals surface area contributed by atoms with Crippen LogP contribution < -0.4 is 10.6 Å². The first-order valence-electron chi connectivity index (χ1n) is 8.77. The van der Waals surface area contributed by atoms with Crippen molar-refractivity contribution in [3.8, 4) is 0 Å². The number of urea groups is 1. The fourth-order valence-electron chi connectivity index (χ4n) is 3.28. The van der Waals surface area contributed by atoms with E-state index >= 15 is 0 Å². The molecule has 3 N–H and O–H groups in total. The number of imidazole rings is 1. The highest BCUT2D eigenvalue weighted by Gasteiger charge is 2.21. The van der Waals surface area contributed by atoms with Crippen molar-refractivity contribution < 1.29 is 4.79 Å². The molecule has 1 aromatic heterocycles. The molecule has 0 spiro atoms. The first-order chi connectivity index (χ1) is 11.8. The quantitative estimate of drug-likeness (QED) is 0.741. The third-order valence-electron chi connectivity index (χ3n) is 4.59. The number of amides is 2. The molecule has 1 aliphatic carbocycles. The van der Waals surface area contributed by atoms with Crippen molar-refractivity contribution in [2.24, 2.45) is 0 Å². The molecule has 130 valence electrons. The Hall–Kier alpha value is -1.69.